The Labute approximate surface area is 420 Å². The van der Waals surface area contributed by atoms with Gasteiger partial charge in [0.05, 0.1) is 25.4 Å². The molecule has 9 heteroatoms. The molecule has 9 nitrogen and oxygen atoms in total. The molecule has 392 valence electrons. The lowest BCUT2D eigenvalue weighted by Crippen LogP contribution is -2.60. The molecule has 0 saturated carbocycles. The molecule has 1 amide bonds. The number of hydrogen-bond acceptors (Lipinski definition) is 8. The van der Waals surface area contributed by atoms with E-state index in [0.29, 0.717) is 6.42 Å². The minimum Gasteiger partial charge on any atom is -0.394 e. The van der Waals surface area contributed by atoms with E-state index < -0.39 is 49.5 Å². The summed E-state index contributed by atoms with van der Waals surface area (Å²) in [6.07, 6.45) is 65.9. The summed E-state index contributed by atoms with van der Waals surface area (Å²) < 4.78 is 11.2. The van der Waals surface area contributed by atoms with Crippen molar-refractivity contribution in [3.63, 3.8) is 0 Å². The van der Waals surface area contributed by atoms with Gasteiger partial charge in [-0.2, -0.15) is 0 Å². The van der Waals surface area contributed by atoms with E-state index in [4.69, 9.17) is 9.47 Å². The fraction of sp³-hybridized carbons (Fsp3) is 0.650. The van der Waals surface area contributed by atoms with Crippen molar-refractivity contribution in [3.05, 3.63) is 122 Å². The third-order valence-corrected chi connectivity index (χ3v) is 12.1. The maximum atomic E-state index is 13.0. The zero-order valence-corrected chi connectivity index (χ0v) is 43.3. The van der Waals surface area contributed by atoms with E-state index in [2.05, 4.69) is 116 Å². The van der Waals surface area contributed by atoms with Gasteiger partial charge in [0, 0.05) is 6.42 Å². The molecule has 6 N–H and O–H groups in total. The molecule has 1 aliphatic rings. The van der Waals surface area contributed by atoms with Crippen LogP contribution in [0.4, 0.5) is 0 Å². The van der Waals surface area contributed by atoms with Gasteiger partial charge in [0.25, 0.3) is 0 Å². The second-order valence-electron chi connectivity index (χ2n) is 18.3. The molecule has 7 unspecified atom stereocenters. The number of amides is 1. The smallest absolute Gasteiger partial charge is 0.220 e. The van der Waals surface area contributed by atoms with Crippen molar-refractivity contribution in [1.82, 2.24) is 5.32 Å². The summed E-state index contributed by atoms with van der Waals surface area (Å²) >= 11 is 0. The van der Waals surface area contributed by atoms with Gasteiger partial charge >= 0.3 is 0 Å². The molecule has 0 aromatic carbocycles. The summed E-state index contributed by atoms with van der Waals surface area (Å²) in [5.74, 6) is -0.200. The Morgan fingerprint density at radius 2 is 0.928 bits per heavy atom. The van der Waals surface area contributed by atoms with Crippen molar-refractivity contribution >= 4 is 5.91 Å². The molecule has 0 aromatic heterocycles. The zero-order chi connectivity index (χ0) is 50.1. The molecule has 0 spiro atoms. The number of carbonyl (C=O) groups is 1. The van der Waals surface area contributed by atoms with Gasteiger partial charge in [0.15, 0.2) is 6.29 Å². The molecule has 0 aliphatic carbocycles. The first kappa shape index (κ1) is 63.6. The number of allylic oxidation sites excluding steroid dienone is 19. The highest BCUT2D eigenvalue weighted by Crippen LogP contribution is 2.22. The number of hydrogen-bond donors (Lipinski definition) is 6. The number of aliphatic hydroxyl groups excluding tert-OH is 5. The molecule has 0 radical (unpaired) electrons. The van der Waals surface area contributed by atoms with Crippen LogP contribution in [0.2, 0.25) is 0 Å². The van der Waals surface area contributed by atoms with Crippen molar-refractivity contribution in [2.45, 2.75) is 236 Å². The van der Waals surface area contributed by atoms with E-state index in [1.54, 1.807) is 6.08 Å². The molecular weight excluding hydrogens is 863 g/mol. The number of nitrogens with one attached hydrogen (secondary N) is 1. The molecule has 0 aromatic rings. The SMILES string of the molecule is C/C=C/CC/C=C/CC/C=C/C(O)C(COC1OC(CO)C(O)C(O)C1O)NC(=O)CCCCCCCCCCCCCCCCC/C=C\C/C=C\C/C=C\C/C=C\C/C=C\C/C=C\C/C=C\CC. The normalized spacial score (nSPS) is 20.5. The van der Waals surface area contributed by atoms with Crippen LogP contribution in [0.15, 0.2) is 122 Å². The first-order valence-corrected chi connectivity index (χ1v) is 27.2. The number of rotatable bonds is 44. The highest BCUT2D eigenvalue weighted by Gasteiger charge is 2.44. The predicted octanol–water partition coefficient (Wildman–Crippen LogP) is 13.2. The Balaban J connectivity index is 2.09. The molecule has 1 heterocycles. The topological polar surface area (TPSA) is 149 Å². The number of carbonyl (C=O) groups excluding carboxylic acids is 1. The maximum absolute atomic E-state index is 13.0. The molecule has 1 saturated heterocycles. The maximum Gasteiger partial charge on any atom is 0.220 e. The monoisotopic (exact) mass is 962 g/mol. The van der Waals surface area contributed by atoms with E-state index in [9.17, 15) is 30.3 Å². The van der Waals surface area contributed by atoms with Gasteiger partial charge in [-0.25, -0.2) is 0 Å². The molecule has 0 bridgehead atoms. The standard InChI is InChI=1S/C60H99NO8/c1-3-5-7-9-11-13-14-15-16-17-18-19-20-21-22-23-24-25-26-27-28-29-30-31-32-33-34-35-36-37-38-39-40-42-44-46-48-50-56(64)61-53(54(63)49-47-45-43-41-12-10-8-6-4-2)52-68-60-59(67)58(66)57(65)55(51-62)69-60/h4-7,11-13,15-16,18-19,21-22,24-25,27-28,41,47,49,53-55,57-60,62-63,65-67H,3,8-10,14,17,20,23,26,29-40,42-46,48,50-52H2,1-2H3,(H,61,64)/b6-4+,7-5-,13-11-,16-15-,19-18-,22-21-,25-24-,28-27-,41-12+,49-47+. The quantitative estimate of drug-likeness (QED) is 0.0261. The van der Waals surface area contributed by atoms with Crippen molar-refractivity contribution < 1.29 is 39.8 Å². The van der Waals surface area contributed by atoms with Crippen LogP contribution in [0, 0.1) is 0 Å². The van der Waals surface area contributed by atoms with E-state index in [1.165, 1.54) is 83.5 Å². The fourth-order valence-corrected chi connectivity index (χ4v) is 7.82. The van der Waals surface area contributed by atoms with Gasteiger partial charge in [-0.15, -0.1) is 0 Å². The molecule has 1 aliphatic heterocycles. The van der Waals surface area contributed by atoms with Gasteiger partial charge in [0.1, 0.15) is 24.4 Å². The van der Waals surface area contributed by atoms with Crippen molar-refractivity contribution in [1.29, 1.82) is 0 Å². The lowest BCUT2D eigenvalue weighted by atomic mass is 9.99. The van der Waals surface area contributed by atoms with Crippen LogP contribution < -0.4 is 5.32 Å². The third kappa shape index (κ3) is 38.0. The van der Waals surface area contributed by atoms with E-state index in [1.807, 2.05) is 19.1 Å². The van der Waals surface area contributed by atoms with Gasteiger partial charge in [0.2, 0.25) is 5.91 Å². The highest BCUT2D eigenvalue weighted by molar-refractivity contribution is 5.76. The molecular formula is C60H99NO8. The number of ether oxygens (including phenoxy) is 2. The Morgan fingerprint density at radius 1 is 0.522 bits per heavy atom. The minimum atomic E-state index is -1.58. The Bertz CT molecular complexity index is 1490. The Hall–Kier alpha value is -3.41. The second-order valence-corrected chi connectivity index (χ2v) is 18.3. The average Bonchev–Trinajstić information content (AvgIpc) is 3.35. The molecule has 1 rings (SSSR count). The lowest BCUT2D eigenvalue weighted by molar-refractivity contribution is -0.302. The minimum absolute atomic E-state index is 0.200. The summed E-state index contributed by atoms with van der Waals surface area (Å²) in [6.45, 7) is 3.38. The first-order valence-electron chi connectivity index (χ1n) is 27.2. The third-order valence-electron chi connectivity index (χ3n) is 12.1. The first-order chi connectivity index (χ1) is 33.8. The van der Waals surface area contributed by atoms with Gasteiger partial charge in [-0.05, 0) is 96.8 Å². The zero-order valence-electron chi connectivity index (χ0n) is 43.3. The lowest BCUT2D eigenvalue weighted by Gasteiger charge is -2.40. The van der Waals surface area contributed by atoms with Crippen LogP contribution in [0.1, 0.15) is 194 Å². The summed E-state index contributed by atoms with van der Waals surface area (Å²) in [6, 6.07) is -0.832. The van der Waals surface area contributed by atoms with Crippen LogP contribution in [-0.4, -0.2) is 87.5 Å². The summed E-state index contributed by atoms with van der Waals surface area (Å²) in [5.41, 5.74) is 0. The van der Waals surface area contributed by atoms with Crippen LogP contribution in [0.5, 0.6) is 0 Å². The van der Waals surface area contributed by atoms with Crippen LogP contribution in [0.25, 0.3) is 0 Å². The number of aliphatic hydroxyl groups is 5. The summed E-state index contributed by atoms with van der Waals surface area (Å²) in [7, 11) is 0. The fourth-order valence-electron chi connectivity index (χ4n) is 7.82. The van der Waals surface area contributed by atoms with E-state index in [-0.39, 0.29) is 12.5 Å². The van der Waals surface area contributed by atoms with Gasteiger partial charge in [-0.1, -0.05) is 212 Å². The average molecular weight is 962 g/mol. The Kier molecular flexibility index (Phi) is 44.5. The summed E-state index contributed by atoms with van der Waals surface area (Å²) in [5, 5.41) is 54.1. The second kappa shape index (κ2) is 48.2. The highest BCUT2D eigenvalue weighted by atomic mass is 16.7. The van der Waals surface area contributed by atoms with Crippen LogP contribution >= 0.6 is 0 Å². The largest absolute Gasteiger partial charge is 0.394 e. The van der Waals surface area contributed by atoms with Crippen LogP contribution in [0.3, 0.4) is 0 Å². The van der Waals surface area contributed by atoms with Gasteiger partial charge in [-0.3, -0.25) is 4.79 Å². The van der Waals surface area contributed by atoms with Crippen molar-refractivity contribution in [2.75, 3.05) is 13.2 Å². The van der Waals surface area contributed by atoms with Crippen LogP contribution in [-0.2, 0) is 14.3 Å². The predicted molar refractivity (Wildman–Crippen MR) is 290 cm³/mol. The van der Waals surface area contributed by atoms with E-state index in [0.717, 1.165) is 89.9 Å². The van der Waals surface area contributed by atoms with Crippen molar-refractivity contribution in [3.8, 4) is 0 Å². The van der Waals surface area contributed by atoms with Gasteiger partial charge < -0.3 is 40.3 Å². The number of unbranched alkanes of at least 4 members (excludes halogenated alkanes) is 17. The van der Waals surface area contributed by atoms with Crippen molar-refractivity contribution in [2.24, 2.45) is 0 Å². The summed E-state index contributed by atoms with van der Waals surface area (Å²) in [4.78, 5) is 13.0. The molecule has 69 heavy (non-hydrogen) atoms. The molecule has 7 atom stereocenters. The van der Waals surface area contributed by atoms with E-state index >= 15 is 0 Å². The Morgan fingerprint density at radius 3 is 1.39 bits per heavy atom. The molecule has 1 fully saturated rings.